The molecule has 0 radical (unpaired) electrons. The number of aliphatic carboxylic acids is 1. The minimum Gasteiger partial charge on any atom is -0.475 e. The fraction of sp³-hybridized carbons (Fsp3) is 0.375. The summed E-state index contributed by atoms with van der Waals surface area (Å²) in [5.41, 5.74) is 1.85. The van der Waals surface area contributed by atoms with Crippen LogP contribution in [0, 0.1) is 0 Å². The molecule has 1 aliphatic rings. The molecule has 1 N–H and O–H groups in total. The van der Waals surface area contributed by atoms with Crippen molar-refractivity contribution in [3.8, 4) is 0 Å². The first kappa shape index (κ1) is 19.4. The first-order valence-corrected chi connectivity index (χ1v) is 7.78. The van der Waals surface area contributed by atoms with E-state index in [1.54, 1.807) is 24.7 Å². The van der Waals surface area contributed by atoms with E-state index >= 15 is 0 Å². The zero-order valence-corrected chi connectivity index (χ0v) is 13.7. The van der Waals surface area contributed by atoms with E-state index in [0.717, 1.165) is 24.3 Å². The van der Waals surface area contributed by atoms with Crippen LogP contribution in [-0.2, 0) is 11.3 Å². The van der Waals surface area contributed by atoms with Gasteiger partial charge in [-0.3, -0.25) is 9.78 Å². The van der Waals surface area contributed by atoms with Gasteiger partial charge in [0.25, 0.3) is 5.56 Å². The smallest absolute Gasteiger partial charge is 0.475 e. The molecule has 1 fully saturated rings. The lowest BCUT2D eigenvalue weighted by atomic mass is 10.3. The predicted molar refractivity (Wildman–Crippen MR) is 87.0 cm³/mol. The van der Waals surface area contributed by atoms with Crippen LogP contribution < -0.4 is 10.5 Å². The summed E-state index contributed by atoms with van der Waals surface area (Å²) in [5, 5.41) is 11.4. The van der Waals surface area contributed by atoms with Gasteiger partial charge in [-0.1, -0.05) is 6.07 Å². The maximum Gasteiger partial charge on any atom is 0.490 e. The number of alkyl halides is 3. The second-order valence-corrected chi connectivity index (χ2v) is 5.57. The number of rotatable bonds is 3. The van der Waals surface area contributed by atoms with Gasteiger partial charge in [-0.2, -0.15) is 18.3 Å². The summed E-state index contributed by atoms with van der Waals surface area (Å²) in [6.07, 6.45) is 2.55. The van der Waals surface area contributed by atoms with Crippen LogP contribution in [0.3, 0.4) is 0 Å². The third-order valence-electron chi connectivity index (χ3n) is 3.62. The van der Waals surface area contributed by atoms with Gasteiger partial charge in [0.05, 0.1) is 18.4 Å². The second kappa shape index (κ2) is 8.45. The minimum atomic E-state index is -5.08. The topological polar surface area (TPSA) is 88.3 Å². The van der Waals surface area contributed by atoms with Gasteiger partial charge in [0.1, 0.15) is 0 Å². The van der Waals surface area contributed by atoms with Gasteiger partial charge in [0.2, 0.25) is 0 Å². The van der Waals surface area contributed by atoms with Crippen molar-refractivity contribution in [2.24, 2.45) is 0 Å². The van der Waals surface area contributed by atoms with Crippen molar-refractivity contribution in [2.45, 2.75) is 25.6 Å². The summed E-state index contributed by atoms with van der Waals surface area (Å²) in [5.74, 6) is -2.76. The Balaban J connectivity index is 0.000000298. The Bertz CT molecular complexity index is 787. The average molecular weight is 370 g/mol. The Kier molecular flexibility index (Phi) is 6.31. The molecule has 0 spiro atoms. The number of carboxylic acids is 1. The highest BCUT2D eigenvalue weighted by Crippen LogP contribution is 2.16. The van der Waals surface area contributed by atoms with Crippen molar-refractivity contribution in [3.63, 3.8) is 0 Å². The van der Waals surface area contributed by atoms with Crippen LogP contribution in [-0.4, -0.2) is 45.1 Å². The zero-order valence-electron chi connectivity index (χ0n) is 13.7. The van der Waals surface area contributed by atoms with Crippen molar-refractivity contribution < 1.29 is 23.1 Å². The molecule has 3 rings (SSSR count). The maximum absolute atomic E-state index is 12.1. The molecule has 1 aliphatic heterocycles. The standard InChI is InChI=1S/C14H16N4O.C2HF3O2/c19-14-8-13(17-6-1-2-7-17)10-16-18(14)11-12-4-3-5-15-9-12;3-2(4,5)1(6)7/h3-5,8-10H,1-2,6-7,11H2;(H,6,7). The van der Waals surface area contributed by atoms with Crippen LogP contribution in [0.25, 0.3) is 0 Å². The molecule has 140 valence electrons. The van der Waals surface area contributed by atoms with Crippen molar-refractivity contribution in [3.05, 3.63) is 52.7 Å². The fourth-order valence-corrected chi connectivity index (χ4v) is 2.36. The first-order chi connectivity index (χ1) is 12.3. The van der Waals surface area contributed by atoms with Gasteiger partial charge in [-0.25, -0.2) is 9.48 Å². The molecule has 0 atom stereocenters. The highest BCUT2D eigenvalue weighted by Gasteiger charge is 2.38. The molecule has 0 aliphatic carbocycles. The fourth-order valence-electron chi connectivity index (χ4n) is 2.36. The molecule has 0 aromatic carbocycles. The summed E-state index contributed by atoms with van der Waals surface area (Å²) >= 11 is 0. The van der Waals surface area contributed by atoms with Gasteiger partial charge in [-0.05, 0) is 24.5 Å². The lowest BCUT2D eigenvalue weighted by molar-refractivity contribution is -0.192. The zero-order chi connectivity index (χ0) is 19.2. The number of aromatic nitrogens is 3. The van der Waals surface area contributed by atoms with Crippen LogP contribution in [0.4, 0.5) is 18.9 Å². The number of hydrogen-bond donors (Lipinski definition) is 1. The van der Waals surface area contributed by atoms with Crippen LogP contribution >= 0.6 is 0 Å². The Morgan fingerprint density at radius 2 is 1.88 bits per heavy atom. The largest absolute Gasteiger partial charge is 0.490 e. The molecule has 1 saturated heterocycles. The predicted octanol–water partition coefficient (Wildman–Crippen LogP) is 1.92. The second-order valence-electron chi connectivity index (χ2n) is 5.57. The normalized spacial score (nSPS) is 13.9. The van der Waals surface area contributed by atoms with Gasteiger partial charge < -0.3 is 10.0 Å². The van der Waals surface area contributed by atoms with Crippen LogP contribution in [0.1, 0.15) is 18.4 Å². The molecule has 2 aromatic rings. The number of carbonyl (C=O) groups is 1. The van der Waals surface area contributed by atoms with E-state index in [2.05, 4.69) is 15.0 Å². The van der Waals surface area contributed by atoms with Crippen molar-refractivity contribution in [1.29, 1.82) is 0 Å². The number of anilines is 1. The Labute approximate surface area is 146 Å². The quantitative estimate of drug-likeness (QED) is 0.888. The molecular weight excluding hydrogens is 353 g/mol. The summed E-state index contributed by atoms with van der Waals surface area (Å²) in [7, 11) is 0. The molecule has 7 nitrogen and oxygen atoms in total. The number of hydrogen-bond acceptors (Lipinski definition) is 5. The molecule has 2 aromatic heterocycles. The van der Waals surface area contributed by atoms with Crippen molar-refractivity contribution >= 4 is 11.7 Å². The molecule has 26 heavy (non-hydrogen) atoms. The molecular formula is C16H17F3N4O3. The van der Waals surface area contributed by atoms with E-state index in [9.17, 15) is 18.0 Å². The molecule has 0 amide bonds. The number of carboxylic acid groups (broad SMARTS) is 1. The van der Waals surface area contributed by atoms with E-state index in [4.69, 9.17) is 9.90 Å². The molecule has 0 bridgehead atoms. The van der Waals surface area contributed by atoms with Gasteiger partial charge >= 0.3 is 12.1 Å². The molecule has 10 heteroatoms. The molecule has 0 saturated carbocycles. The van der Waals surface area contributed by atoms with E-state index < -0.39 is 12.1 Å². The monoisotopic (exact) mass is 370 g/mol. The lowest BCUT2D eigenvalue weighted by Crippen LogP contribution is -2.26. The minimum absolute atomic E-state index is 0.0618. The Morgan fingerprint density at radius 1 is 1.23 bits per heavy atom. The van der Waals surface area contributed by atoms with E-state index in [-0.39, 0.29) is 5.56 Å². The number of halogens is 3. The first-order valence-electron chi connectivity index (χ1n) is 7.78. The Hall–Kier alpha value is -2.91. The number of pyridine rings is 1. The van der Waals surface area contributed by atoms with Gasteiger partial charge in [-0.15, -0.1) is 0 Å². The summed E-state index contributed by atoms with van der Waals surface area (Å²) in [6, 6.07) is 5.48. The number of nitrogens with zero attached hydrogens (tertiary/aromatic N) is 4. The highest BCUT2D eigenvalue weighted by atomic mass is 19.4. The van der Waals surface area contributed by atoms with Crippen LogP contribution in [0.15, 0.2) is 41.6 Å². The van der Waals surface area contributed by atoms with Crippen molar-refractivity contribution in [2.75, 3.05) is 18.0 Å². The van der Waals surface area contributed by atoms with Gasteiger partial charge in [0.15, 0.2) is 0 Å². The summed E-state index contributed by atoms with van der Waals surface area (Å²) in [4.78, 5) is 27.2. The molecule has 3 heterocycles. The summed E-state index contributed by atoms with van der Waals surface area (Å²) < 4.78 is 33.2. The molecule has 0 unspecified atom stereocenters. The van der Waals surface area contributed by atoms with E-state index in [1.165, 1.54) is 17.5 Å². The Morgan fingerprint density at radius 3 is 2.38 bits per heavy atom. The lowest BCUT2D eigenvalue weighted by Gasteiger charge is -2.17. The third-order valence-corrected chi connectivity index (χ3v) is 3.62. The maximum atomic E-state index is 12.1. The van der Waals surface area contributed by atoms with Crippen LogP contribution in [0.5, 0.6) is 0 Å². The van der Waals surface area contributed by atoms with Crippen molar-refractivity contribution in [1.82, 2.24) is 14.8 Å². The van der Waals surface area contributed by atoms with Gasteiger partial charge in [0, 0.05) is 31.5 Å². The van der Waals surface area contributed by atoms with E-state index in [1.807, 2.05) is 12.1 Å². The summed E-state index contributed by atoms with van der Waals surface area (Å²) in [6.45, 7) is 2.51. The SMILES string of the molecule is O=C(O)C(F)(F)F.O=c1cc(N2CCCC2)cnn1Cc1cccnc1. The highest BCUT2D eigenvalue weighted by molar-refractivity contribution is 5.73. The van der Waals surface area contributed by atoms with Crippen LogP contribution in [0.2, 0.25) is 0 Å². The van der Waals surface area contributed by atoms with E-state index in [0.29, 0.717) is 6.54 Å². The third kappa shape index (κ3) is 5.57. The average Bonchev–Trinajstić information content (AvgIpc) is 3.12.